The van der Waals surface area contributed by atoms with E-state index in [1.54, 1.807) is 0 Å². The molecular formula is C21H21Cl2NO2S. The zero-order valence-electron chi connectivity index (χ0n) is 15.3. The smallest absolute Gasteiger partial charge is 0.150 e. The summed E-state index contributed by atoms with van der Waals surface area (Å²) in [6.07, 6.45) is 1.63. The van der Waals surface area contributed by atoms with Crippen LogP contribution >= 0.6 is 34.7 Å². The Morgan fingerprint density at radius 1 is 1.04 bits per heavy atom. The normalized spacial score (nSPS) is 11.0. The van der Waals surface area contributed by atoms with Crippen molar-refractivity contribution in [3.8, 4) is 16.2 Å². The largest absolute Gasteiger partial charge is 0.488 e. The first kappa shape index (κ1) is 20.2. The molecule has 0 atom stereocenters. The van der Waals surface area contributed by atoms with Crippen LogP contribution in [0.5, 0.6) is 5.75 Å². The summed E-state index contributed by atoms with van der Waals surface area (Å²) in [5.74, 6) is 0.838. The van der Waals surface area contributed by atoms with Gasteiger partial charge in [0.2, 0.25) is 0 Å². The summed E-state index contributed by atoms with van der Waals surface area (Å²) in [6, 6.07) is 11.7. The van der Waals surface area contributed by atoms with Crippen LogP contribution in [-0.2, 0) is 13.0 Å². The number of nitrogens with zero attached hydrogens (tertiary/aromatic N) is 1. The molecular weight excluding hydrogens is 401 g/mol. The highest BCUT2D eigenvalue weighted by atomic mass is 35.5. The fourth-order valence-corrected chi connectivity index (χ4v) is 4.16. The lowest BCUT2D eigenvalue weighted by atomic mass is 9.99. The quantitative estimate of drug-likeness (QED) is 0.490. The molecule has 0 aliphatic carbocycles. The Bertz CT molecular complexity index is 923. The van der Waals surface area contributed by atoms with E-state index in [-0.39, 0.29) is 6.61 Å². The number of hydrogen-bond donors (Lipinski definition) is 1. The number of aromatic nitrogens is 1. The number of hydrogen-bond acceptors (Lipinski definition) is 4. The fourth-order valence-electron chi connectivity index (χ4n) is 2.94. The van der Waals surface area contributed by atoms with Gasteiger partial charge in [-0.3, -0.25) is 0 Å². The first-order chi connectivity index (χ1) is 13.0. The van der Waals surface area contributed by atoms with Crippen LogP contribution in [-0.4, -0.2) is 16.1 Å². The molecule has 0 aliphatic rings. The van der Waals surface area contributed by atoms with Crippen LogP contribution in [0.25, 0.3) is 10.4 Å². The van der Waals surface area contributed by atoms with E-state index in [0.29, 0.717) is 16.8 Å². The minimum atomic E-state index is 0.202. The molecule has 0 spiro atoms. The summed E-state index contributed by atoms with van der Waals surface area (Å²) < 4.78 is 10.4. The molecule has 0 radical (unpaired) electrons. The second-order valence-corrected chi connectivity index (χ2v) is 7.94. The molecule has 1 N–H and O–H groups in total. The number of rotatable bonds is 7. The molecule has 1 aromatic heterocycles. The summed E-state index contributed by atoms with van der Waals surface area (Å²) in [5, 5.41) is 10.2. The van der Waals surface area contributed by atoms with E-state index in [1.807, 2.05) is 30.3 Å². The lowest BCUT2D eigenvalue weighted by Crippen LogP contribution is -2.01. The summed E-state index contributed by atoms with van der Waals surface area (Å²) in [6.45, 7) is 4.70. The van der Waals surface area contributed by atoms with Gasteiger partial charge in [-0.15, -0.1) is 0 Å². The minimum absolute atomic E-state index is 0.202. The SMILES string of the molecule is Cc1c(CCCO)ccc(OCc2c(Cl)nsc2-c2ccc(Cl)cc2)c1C. The maximum Gasteiger partial charge on any atom is 0.150 e. The third-order valence-electron chi connectivity index (χ3n) is 4.67. The van der Waals surface area contributed by atoms with Crippen LogP contribution < -0.4 is 4.74 Å². The predicted molar refractivity (Wildman–Crippen MR) is 113 cm³/mol. The molecule has 27 heavy (non-hydrogen) atoms. The fraction of sp³-hybridized carbons (Fsp3) is 0.286. The Labute approximate surface area is 173 Å². The maximum atomic E-state index is 9.04. The van der Waals surface area contributed by atoms with E-state index in [4.69, 9.17) is 33.0 Å². The zero-order valence-corrected chi connectivity index (χ0v) is 17.6. The Hall–Kier alpha value is -1.59. The highest BCUT2D eigenvalue weighted by Gasteiger charge is 2.16. The van der Waals surface area contributed by atoms with Gasteiger partial charge < -0.3 is 9.84 Å². The molecule has 0 bridgehead atoms. The van der Waals surface area contributed by atoms with Crippen molar-refractivity contribution in [2.45, 2.75) is 33.3 Å². The van der Waals surface area contributed by atoms with Crippen LogP contribution in [0.4, 0.5) is 0 Å². The molecule has 3 rings (SSSR count). The third kappa shape index (κ3) is 4.64. The van der Waals surface area contributed by atoms with Gasteiger partial charge in [0.1, 0.15) is 17.5 Å². The van der Waals surface area contributed by atoms with Crippen molar-refractivity contribution in [2.24, 2.45) is 0 Å². The Balaban J connectivity index is 1.80. The summed E-state index contributed by atoms with van der Waals surface area (Å²) in [4.78, 5) is 0.991. The molecule has 0 saturated heterocycles. The van der Waals surface area contributed by atoms with Crippen molar-refractivity contribution in [1.82, 2.24) is 4.37 Å². The van der Waals surface area contributed by atoms with Crippen LogP contribution in [0, 0.1) is 13.8 Å². The second kappa shape index (κ2) is 9.07. The van der Waals surface area contributed by atoms with E-state index in [0.717, 1.165) is 40.2 Å². The molecule has 3 aromatic rings. The second-order valence-electron chi connectivity index (χ2n) is 6.38. The zero-order chi connectivity index (χ0) is 19.4. The van der Waals surface area contributed by atoms with E-state index >= 15 is 0 Å². The van der Waals surface area contributed by atoms with Crippen molar-refractivity contribution < 1.29 is 9.84 Å². The maximum absolute atomic E-state index is 9.04. The highest BCUT2D eigenvalue weighted by Crippen LogP contribution is 2.35. The average molecular weight is 422 g/mol. The van der Waals surface area contributed by atoms with Crippen LogP contribution in [0.3, 0.4) is 0 Å². The summed E-state index contributed by atoms with van der Waals surface area (Å²) >= 11 is 13.7. The molecule has 0 fully saturated rings. The Morgan fingerprint density at radius 3 is 2.48 bits per heavy atom. The van der Waals surface area contributed by atoms with E-state index < -0.39 is 0 Å². The lowest BCUT2D eigenvalue weighted by Gasteiger charge is -2.15. The van der Waals surface area contributed by atoms with E-state index in [2.05, 4.69) is 24.3 Å². The van der Waals surface area contributed by atoms with E-state index in [9.17, 15) is 0 Å². The van der Waals surface area contributed by atoms with Gasteiger partial charge in [0.25, 0.3) is 0 Å². The first-order valence-corrected chi connectivity index (χ1v) is 10.3. The number of aliphatic hydroxyl groups excluding tert-OH is 1. The highest BCUT2D eigenvalue weighted by molar-refractivity contribution is 7.10. The van der Waals surface area contributed by atoms with Gasteiger partial charge in [-0.25, -0.2) is 0 Å². The van der Waals surface area contributed by atoms with Crippen molar-refractivity contribution in [2.75, 3.05) is 6.61 Å². The molecule has 0 unspecified atom stereocenters. The van der Waals surface area contributed by atoms with Crippen LogP contribution in [0.1, 0.15) is 28.7 Å². The number of aryl methyl sites for hydroxylation is 1. The topological polar surface area (TPSA) is 42.4 Å². The Kier molecular flexibility index (Phi) is 6.77. The molecule has 6 heteroatoms. The standard InChI is InChI=1S/C21H21Cl2NO2S/c1-13-14(2)19(10-7-15(13)4-3-11-25)26-12-18-20(27-24-21(18)23)16-5-8-17(22)9-6-16/h5-10,25H,3-4,11-12H2,1-2H3. The van der Waals surface area contributed by atoms with Gasteiger partial charge >= 0.3 is 0 Å². The third-order valence-corrected chi connectivity index (χ3v) is 6.28. The van der Waals surface area contributed by atoms with Gasteiger partial charge in [0.15, 0.2) is 0 Å². The van der Waals surface area contributed by atoms with Gasteiger partial charge in [-0.1, -0.05) is 41.4 Å². The van der Waals surface area contributed by atoms with Gasteiger partial charge in [0, 0.05) is 17.2 Å². The number of aliphatic hydroxyl groups is 1. The van der Waals surface area contributed by atoms with Gasteiger partial charge in [-0.05, 0) is 78.7 Å². The molecule has 0 amide bonds. The molecule has 0 aliphatic heterocycles. The Morgan fingerprint density at radius 2 is 1.78 bits per heavy atom. The number of benzene rings is 2. The average Bonchev–Trinajstić information content (AvgIpc) is 3.03. The number of ether oxygens (including phenoxy) is 1. The van der Waals surface area contributed by atoms with Crippen molar-refractivity contribution in [3.63, 3.8) is 0 Å². The molecule has 3 nitrogen and oxygen atoms in total. The van der Waals surface area contributed by atoms with Gasteiger partial charge in [0.05, 0.1) is 4.88 Å². The monoisotopic (exact) mass is 421 g/mol. The van der Waals surface area contributed by atoms with Crippen molar-refractivity contribution in [3.05, 3.63) is 68.8 Å². The lowest BCUT2D eigenvalue weighted by molar-refractivity contribution is 0.288. The number of halogens is 2. The first-order valence-electron chi connectivity index (χ1n) is 8.74. The minimum Gasteiger partial charge on any atom is -0.488 e. The predicted octanol–water partition coefficient (Wildman–Crippen LogP) is 6.24. The van der Waals surface area contributed by atoms with Crippen molar-refractivity contribution >= 4 is 34.7 Å². The van der Waals surface area contributed by atoms with E-state index in [1.165, 1.54) is 22.7 Å². The van der Waals surface area contributed by atoms with Crippen LogP contribution in [0.15, 0.2) is 36.4 Å². The molecule has 1 heterocycles. The summed E-state index contributed by atoms with van der Waals surface area (Å²) in [7, 11) is 0. The van der Waals surface area contributed by atoms with Crippen molar-refractivity contribution in [1.29, 1.82) is 0 Å². The van der Waals surface area contributed by atoms with Crippen LogP contribution in [0.2, 0.25) is 10.2 Å². The molecule has 0 saturated carbocycles. The molecule has 2 aromatic carbocycles. The van der Waals surface area contributed by atoms with Gasteiger partial charge in [-0.2, -0.15) is 4.37 Å². The molecule has 142 valence electrons. The summed E-state index contributed by atoms with van der Waals surface area (Å²) in [5.41, 5.74) is 5.46.